The number of carbonyl (C=O) groups is 2. The third-order valence-electron chi connectivity index (χ3n) is 4.72. The van der Waals surface area contributed by atoms with Gasteiger partial charge in [0.25, 0.3) is 11.8 Å². The molecule has 2 aromatic rings. The van der Waals surface area contributed by atoms with Gasteiger partial charge in [0.2, 0.25) is 0 Å². The Bertz CT molecular complexity index is 794. The third-order valence-corrected chi connectivity index (χ3v) is 4.72. The first-order valence-corrected chi connectivity index (χ1v) is 9.26. The molecule has 1 fully saturated rings. The summed E-state index contributed by atoms with van der Waals surface area (Å²) in [5.41, 5.74) is 0.398. The highest BCUT2D eigenvalue weighted by molar-refractivity contribution is 5.94. The van der Waals surface area contributed by atoms with Crippen LogP contribution in [-0.2, 0) is 0 Å². The molecule has 1 saturated heterocycles. The lowest BCUT2D eigenvalue weighted by Crippen LogP contribution is -2.50. The van der Waals surface area contributed by atoms with Crippen LogP contribution >= 0.6 is 0 Å². The van der Waals surface area contributed by atoms with Crippen LogP contribution in [0, 0.1) is 6.92 Å². The summed E-state index contributed by atoms with van der Waals surface area (Å²) in [6.45, 7) is 9.40. The number of aromatic nitrogens is 2. The molecule has 0 spiro atoms. The zero-order chi connectivity index (χ0) is 19.4. The molecule has 1 aliphatic rings. The molecule has 0 N–H and O–H groups in total. The molecule has 8 nitrogen and oxygen atoms in total. The molecule has 0 atom stereocenters. The summed E-state index contributed by atoms with van der Waals surface area (Å²) in [7, 11) is 0. The van der Waals surface area contributed by atoms with Gasteiger partial charge in [0.15, 0.2) is 5.76 Å². The van der Waals surface area contributed by atoms with Crippen molar-refractivity contribution in [3.8, 4) is 0 Å². The molecule has 3 heterocycles. The van der Waals surface area contributed by atoms with E-state index >= 15 is 0 Å². The molecule has 27 heavy (non-hydrogen) atoms. The maximum atomic E-state index is 12.9. The van der Waals surface area contributed by atoms with Crippen LogP contribution in [0.3, 0.4) is 0 Å². The monoisotopic (exact) mass is 371 g/mol. The number of rotatable bonds is 5. The van der Waals surface area contributed by atoms with Gasteiger partial charge in [-0.1, -0.05) is 0 Å². The molecular weight excluding hydrogens is 346 g/mol. The summed E-state index contributed by atoms with van der Waals surface area (Å²) in [6, 6.07) is 5.10. The lowest BCUT2D eigenvalue weighted by atomic mass is 10.2. The molecule has 1 aliphatic heterocycles. The van der Waals surface area contributed by atoms with Gasteiger partial charge in [-0.3, -0.25) is 9.59 Å². The van der Waals surface area contributed by atoms with E-state index in [9.17, 15) is 9.59 Å². The van der Waals surface area contributed by atoms with E-state index in [1.165, 1.54) is 6.26 Å². The molecule has 2 aromatic heterocycles. The van der Waals surface area contributed by atoms with E-state index in [2.05, 4.69) is 28.7 Å². The van der Waals surface area contributed by atoms with Crippen molar-refractivity contribution < 1.29 is 14.0 Å². The first-order chi connectivity index (χ1) is 13.0. The molecule has 0 radical (unpaired) electrons. The maximum Gasteiger partial charge on any atom is 0.289 e. The van der Waals surface area contributed by atoms with Gasteiger partial charge in [-0.05, 0) is 32.9 Å². The van der Waals surface area contributed by atoms with Crippen molar-refractivity contribution in [2.75, 3.05) is 44.2 Å². The molecule has 0 bridgehead atoms. The smallest absolute Gasteiger partial charge is 0.289 e. The summed E-state index contributed by atoms with van der Waals surface area (Å²) in [6.07, 6.45) is 1.48. The maximum absolute atomic E-state index is 12.9. The summed E-state index contributed by atoms with van der Waals surface area (Å²) in [4.78, 5) is 39.6. The molecular formula is C19H25N5O3. The minimum atomic E-state index is -0.145. The van der Waals surface area contributed by atoms with Gasteiger partial charge in [-0.15, -0.1) is 0 Å². The Morgan fingerprint density at radius 1 is 1.07 bits per heavy atom. The fraction of sp³-hybridized carbons (Fsp3) is 0.474. The average molecular weight is 371 g/mol. The van der Waals surface area contributed by atoms with Crippen LogP contribution in [0.5, 0.6) is 0 Å². The number of carbonyl (C=O) groups excluding carboxylic acids is 2. The van der Waals surface area contributed by atoms with Crippen LogP contribution in [0.15, 0.2) is 28.9 Å². The normalized spacial score (nSPS) is 14.3. The van der Waals surface area contributed by atoms with Gasteiger partial charge in [-0.25, -0.2) is 9.97 Å². The number of hydrogen-bond donors (Lipinski definition) is 0. The van der Waals surface area contributed by atoms with E-state index in [0.29, 0.717) is 43.5 Å². The highest BCUT2D eigenvalue weighted by atomic mass is 16.3. The van der Waals surface area contributed by atoms with Crippen molar-refractivity contribution in [3.05, 3.63) is 41.7 Å². The van der Waals surface area contributed by atoms with E-state index < -0.39 is 0 Å². The van der Waals surface area contributed by atoms with Crippen molar-refractivity contribution in [1.82, 2.24) is 19.8 Å². The average Bonchev–Trinajstić information content (AvgIpc) is 3.22. The van der Waals surface area contributed by atoms with Crippen molar-refractivity contribution in [1.29, 1.82) is 0 Å². The number of furan rings is 1. The Balaban J connectivity index is 1.68. The predicted octanol–water partition coefficient (Wildman–Crippen LogP) is 1.82. The number of piperazine rings is 1. The van der Waals surface area contributed by atoms with Crippen molar-refractivity contribution in [2.45, 2.75) is 20.8 Å². The highest BCUT2D eigenvalue weighted by Crippen LogP contribution is 2.16. The number of nitrogens with zero attached hydrogens (tertiary/aromatic N) is 5. The Hall–Kier alpha value is -2.90. The topological polar surface area (TPSA) is 82.8 Å². The second kappa shape index (κ2) is 8.20. The molecule has 0 aromatic carbocycles. The fourth-order valence-corrected chi connectivity index (χ4v) is 3.20. The minimum Gasteiger partial charge on any atom is -0.459 e. The molecule has 8 heteroatoms. The van der Waals surface area contributed by atoms with Crippen molar-refractivity contribution in [2.24, 2.45) is 0 Å². The van der Waals surface area contributed by atoms with Crippen LogP contribution < -0.4 is 4.90 Å². The zero-order valence-electron chi connectivity index (χ0n) is 16.0. The lowest BCUT2D eigenvalue weighted by Gasteiger charge is -2.34. The van der Waals surface area contributed by atoms with Gasteiger partial charge < -0.3 is 19.1 Å². The summed E-state index contributed by atoms with van der Waals surface area (Å²) < 4.78 is 5.17. The van der Waals surface area contributed by atoms with Crippen molar-refractivity contribution in [3.63, 3.8) is 0 Å². The summed E-state index contributed by atoms with van der Waals surface area (Å²) in [5.74, 6) is 1.40. The first kappa shape index (κ1) is 18.9. The molecule has 0 unspecified atom stereocenters. The van der Waals surface area contributed by atoms with E-state index in [4.69, 9.17) is 4.42 Å². The number of hydrogen-bond acceptors (Lipinski definition) is 6. The Morgan fingerprint density at radius 2 is 1.70 bits per heavy atom. The van der Waals surface area contributed by atoms with Gasteiger partial charge in [0.05, 0.1) is 6.26 Å². The summed E-state index contributed by atoms with van der Waals surface area (Å²) >= 11 is 0. The van der Waals surface area contributed by atoms with E-state index in [0.717, 1.165) is 18.9 Å². The van der Waals surface area contributed by atoms with E-state index in [1.54, 1.807) is 34.9 Å². The molecule has 3 rings (SSSR count). The summed E-state index contributed by atoms with van der Waals surface area (Å²) in [5, 5.41) is 0. The molecule has 144 valence electrons. The second-order valence-corrected chi connectivity index (χ2v) is 6.39. The fourth-order valence-electron chi connectivity index (χ4n) is 3.20. The Kier molecular flexibility index (Phi) is 5.73. The number of amides is 2. The Labute approximate surface area is 158 Å². The van der Waals surface area contributed by atoms with Gasteiger partial charge in [-0.2, -0.15) is 0 Å². The minimum absolute atomic E-state index is 0.126. The van der Waals surface area contributed by atoms with Gasteiger partial charge in [0.1, 0.15) is 17.3 Å². The highest BCUT2D eigenvalue weighted by Gasteiger charge is 2.27. The zero-order valence-corrected chi connectivity index (χ0v) is 16.0. The van der Waals surface area contributed by atoms with Crippen LogP contribution in [0.25, 0.3) is 0 Å². The largest absolute Gasteiger partial charge is 0.459 e. The SMILES string of the molecule is CCN(CC)c1cc(C(=O)N2CCN(C(=O)c3ccco3)CC2)nc(C)n1. The van der Waals surface area contributed by atoms with Crippen molar-refractivity contribution >= 4 is 17.6 Å². The molecule has 0 saturated carbocycles. The molecule has 0 aliphatic carbocycles. The second-order valence-electron chi connectivity index (χ2n) is 6.39. The quantitative estimate of drug-likeness (QED) is 0.797. The lowest BCUT2D eigenvalue weighted by molar-refractivity contribution is 0.0515. The standard InChI is InChI=1S/C19H25N5O3/c1-4-22(5-2)17-13-15(20-14(3)21-17)18(25)23-8-10-24(11-9-23)19(26)16-7-6-12-27-16/h6-7,12-13H,4-5,8-11H2,1-3H3. The van der Waals surface area contributed by atoms with Gasteiger partial charge in [0, 0.05) is 45.3 Å². The molecule has 2 amide bonds. The van der Waals surface area contributed by atoms with Crippen LogP contribution in [0.2, 0.25) is 0 Å². The van der Waals surface area contributed by atoms with Crippen LogP contribution in [0.1, 0.15) is 40.7 Å². The van der Waals surface area contributed by atoms with Gasteiger partial charge >= 0.3 is 0 Å². The first-order valence-electron chi connectivity index (χ1n) is 9.26. The third kappa shape index (κ3) is 4.10. The van der Waals surface area contributed by atoms with E-state index in [-0.39, 0.29) is 11.8 Å². The predicted molar refractivity (Wildman–Crippen MR) is 101 cm³/mol. The van der Waals surface area contributed by atoms with Crippen LogP contribution in [-0.4, -0.2) is 70.9 Å². The number of anilines is 1. The van der Waals surface area contributed by atoms with Crippen LogP contribution in [0.4, 0.5) is 5.82 Å². The van der Waals surface area contributed by atoms with E-state index in [1.807, 2.05) is 0 Å². The number of aryl methyl sites for hydroxylation is 1. The Morgan fingerprint density at radius 3 is 2.26 bits per heavy atom.